The second kappa shape index (κ2) is 5.41. The summed E-state index contributed by atoms with van der Waals surface area (Å²) in [5.41, 5.74) is 2.96. The van der Waals surface area contributed by atoms with Gasteiger partial charge >= 0.3 is 0 Å². The van der Waals surface area contributed by atoms with Crippen LogP contribution in [-0.4, -0.2) is 23.1 Å². The lowest BCUT2D eigenvalue weighted by Gasteiger charge is -2.22. The molecule has 108 valence electrons. The average Bonchev–Trinajstić information content (AvgIpc) is 3.33. The van der Waals surface area contributed by atoms with Crippen LogP contribution in [0.1, 0.15) is 35.7 Å². The maximum Gasteiger partial charge on any atom is 0.135 e. The summed E-state index contributed by atoms with van der Waals surface area (Å²) in [4.78, 5) is 11.7. The molecule has 1 saturated carbocycles. The fourth-order valence-corrected chi connectivity index (χ4v) is 3.39. The van der Waals surface area contributed by atoms with E-state index in [1.165, 1.54) is 24.0 Å². The maximum atomic E-state index is 4.81. The topological polar surface area (TPSA) is 29.0 Å². The first kappa shape index (κ1) is 13.3. The third-order valence-corrected chi connectivity index (χ3v) is 4.79. The van der Waals surface area contributed by atoms with Gasteiger partial charge in [-0.3, -0.25) is 0 Å². The summed E-state index contributed by atoms with van der Waals surface area (Å²) in [6, 6.07) is 10.8. The van der Waals surface area contributed by atoms with Crippen molar-refractivity contribution < 1.29 is 0 Å². The van der Waals surface area contributed by atoms with Crippen LogP contribution in [0, 0.1) is 0 Å². The monoisotopic (exact) mass is 343 g/mol. The van der Waals surface area contributed by atoms with Gasteiger partial charge in [-0.2, -0.15) is 0 Å². The minimum absolute atomic E-state index is 0.588. The number of nitrogens with zero attached hydrogens (tertiary/aromatic N) is 3. The lowest BCUT2D eigenvalue weighted by atomic mass is 10.0. The molecule has 1 aliphatic carbocycles. The van der Waals surface area contributed by atoms with E-state index in [0.717, 1.165) is 42.2 Å². The minimum Gasteiger partial charge on any atom is -0.356 e. The molecule has 0 unspecified atom stereocenters. The van der Waals surface area contributed by atoms with Gasteiger partial charge in [0.25, 0.3) is 0 Å². The molecule has 21 heavy (non-hydrogen) atoms. The van der Waals surface area contributed by atoms with Crippen molar-refractivity contribution in [2.75, 3.05) is 18.0 Å². The molecule has 2 heterocycles. The molecule has 0 bridgehead atoms. The summed E-state index contributed by atoms with van der Waals surface area (Å²) >= 11 is 3.55. The molecule has 1 fully saturated rings. The zero-order valence-corrected chi connectivity index (χ0v) is 13.5. The van der Waals surface area contributed by atoms with E-state index in [1.807, 2.05) is 0 Å². The molecule has 3 nitrogen and oxygen atoms in total. The highest BCUT2D eigenvalue weighted by molar-refractivity contribution is 9.10. The minimum atomic E-state index is 0.588. The standard InChI is InChI=1S/C17H18BrN3/c18-15-11-16(20-17(19-15)14-5-6-14)21-9-7-12-3-1-2-4-13(12)8-10-21/h1-4,11,14H,5-10H2. The summed E-state index contributed by atoms with van der Waals surface area (Å²) in [6.45, 7) is 2.06. The van der Waals surface area contributed by atoms with E-state index in [2.05, 4.69) is 56.1 Å². The Hall–Kier alpha value is -1.42. The third kappa shape index (κ3) is 2.82. The summed E-state index contributed by atoms with van der Waals surface area (Å²) in [6.07, 6.45) is 4.66. The molecule has 2 aliphatic rings. The molecule has 0 N–H and O–H groups in total. The van der Waals surface area contributed by atoms with E-state index >= 15 is 0 Å². The Morgan fingerprint density at radius 1 is 1.00 bits per heavy atom. The molecule has 1 aliphatic heterocycles. The van der Waals surface area contributed by atoms with Crippen molar-refractivity contribution in [3.63, 3.8) is 0 Å². The van der Waals surface area contributed by atoms with Crippen LogP contribution in [-0.2, 0) is 12.8 Å². The van der Waals surface area contributed by atoms with Crippen LogP contribution >= 0.6 is 15.9 Å². The molecule has 2 aromatic rings. The predicted octanol–water partition coefficient (Wildman–Crippen LogP) is 3.72. The van der Waals surface area contributed by atoms with E-state index in [4.69, 9.17) is 4.98 Å². The second-order valence-corrected chi connectivity index (χ2v) is 6.75. The Kier molecular flexibility index (Phi) is 3.42. The van der Waals surface area contributed by atoms with Gasteiger partial charge in [0.2, 0.25) is 0 Å². The number of anilines is 1. The van der Waals surface area contributed by atoms with Gasteiger partial charge in [-0.15, -0.1) is 0 Å². The van der Waals surface area contributed by atoms with E-state index in [1.54, 1.807) is 0 Å². The lowest BCUT2D eigenvalue weighted by molar-refractivity contribution is 0.774. The van der Waals surface area contributed by atoms with E-state index in [9.17, 15) is 0 Å². The molecular formula is C17H18BrN3. The van der Waals surface area contributed by atoms with Crippen LogP contribution in [0.5, 0.6) is 0 Å². The van der Waals surface area contributed by atoms with Crippen molar-refractivity contribution in [3.05, 3.63) is 51.9 Å². The number of fused-ring (bicyclic) bond motifs is 1. The van der Waals surface area contributed by atoms with E-state index in [-0.39, 0.29) is 0 Å². The average molecular weight is 344 g/mol. The molecule has 0 spiro atoms. The van der Waals surface area contributed by atoms with Crippen LogP contribution in [0.15, 0.2) is 34.9 Å². The van der Waals surface area contributed by atoms with Crippen molar-refractivity contribution in [2.45, 2.75) is 31.6 Å². The molecule has 4 heteroatoms. The first-order valence-electron chi connectivity index (χ1n) is 7.66. The Morgan fingerprint density at radius 2 is 1.67 bits per heavy atom. The normalized spacial score (nSPS) is 18.2. The smallest absolute Gasteiger partial charge is 0.135 e. The van der Waals surface area contributed by atoms with Crippen molar-refractivity contribution >= 4 is 21.7 Å². The van der Waals surface area contributed by atoms with Gasteiger partial charge in [0, 0.05) is 25.1 Å². The highest BCUT2D eigenvalue weighted by atomic mass is 79.9. The van der Waals surface area contributed by atoms with Gasteiger partial charge in [-0.05, 0) is 52.7 Å². The van der Waals surface area contributed by atoms with Gasteiger partial charge in [0.1, 0.15) is 16.2 Å². The van der Waals surface area contributed by atoms with Crippen LogP contribution in [0.25, 0.3) is 0 Å². The maximum absolute atomic E-state index is 4.81. The zero-order valence-electron chi connectivity index (χ0n) is 11.9. The lowest BCUT2D eigenvalue weighted by Crippen LogP contribution is -2.27. The SMILES string of the molecule is Brc1cc(N2CCc3ccccc3CC2)nc(C2CC2)n1. The van der Waals surface area contributed by atoms with Crippen LogP contribution in [0.3, 0.4) is 0 Å². The van der Waals surface area contributed by atoms with E-state index < -0.39 is 0 Å². The predicted molar refractivity (Wildman–Crippen MR) is 87.8 cm³/mol. The first-order chi connectivity index (χ1) is 10.3. The zero-order chi connectivity index (χ0) is 14.2. The number of halogens is 1. The summed E-state index contributed by atoms with van der Waals surface area (Å²) in [7, 11) is 0. The molecular weight excluding hydrogens is 326 g/mol. The van der Waals surface area contributed by atoms with Crippen molar-refractivity contribution in [1.82, 2.24) is 9.97 Å². The van der Waals surface area contributed by atoms with Crippen molar-refractivity contribution in [2.24, 2.45) is 0 Å². The number of hydrogen-bond donors (Lipinski definition) is 0. The summed E-state index contributed by atoms with van der Waals surface area (Å²) in [5.74, 6) is 2.68. The molecule has 0 radical (unpaired) electrons. The van der Waals surface area contributed by atoms with Crippen molar-refractivity contribution in [3.8, 4) is 0 Å². The Morgan fingerprint density at radius 3 is 2.29 bits per heavy atom. The van der Waals surface area contributed by atoms with Crippen LogP contribution < -0.4 is 4.90 Å². The van der Waals surface area contributed by atoms with Gasteiger partial charge < -0.3 is 4.90 Å². The van der Waals surface area contributed by atoms with Crippen LogP contribution in [0.2, 0.25) is 0 Å². The third-order valence-electron chi connectivity index (χ3n) is 4.39. The summed E-state index contributed by atoms with van der Waals surface area (Å²) < 4.78 is 0.913. The number of rotatable bonds is 2. The molecule has 1 aromatic heterocycles. The highest BCUT2D eigenvalue weighted by Gasteiger charge is 2.28. The quantitative estimate of drug-likeness (QED) is 0.778. The molecule has 0 saturated heterocycles. The van der Waals surface area contributed by atoms with Gasteiger partial charge in [-0.1, -0.05) is 24.3 Å². The summed E-state index contributed by atoms with van der Waals surface area (Å²) in [5, 5.41) is 0. The Balaban J connectivity index is 1.60. The number of hydrogen-bond acceptors (Lipinski definition) is 3. The van der Waals surface area contributed by atoms with Crippen molar-refractivity contribution in [1.29, 1.82) is 0 Å². The van der Waals surface area contributed by atoms with Gasteiger partial charge in [0.15, 0.2) is 0 Å². The largest absolute Gasteiger partial charge is 0.356 e. The fourth-order valence-electron chi connectivity index (χ4n) is 3.01. The second-order valence-electron chi connectivity index (χ2n) is 5.94. The number of benzene rings is 1. The van der Waals surface area contributed by atoms with Crippen LogP contribution in [0.4, 0.5) is 5.82 Å². The van der Waals surface area contributed by atoms with Gasteiger partial charge in [-0.25, -0.2) is 9.97 Å². The number of aromatic nitrogens is 2. The molecule has 1 aromatic carbocycles. The molecule has 4 rings (SSSR count). The Labute approximate surface area is 133 Å². The first-order valence-corrected chi connectivity index (χ1v) is 8.45. The van der Waals surface area contributed by atoms with Gasteiger partial charge in [0.05, 0.1) is 0 Å². The Bertz CT molecular complexity index is 640. The molecule has 0 amide bonds. The fraction of sp³-hybridized carbons (Fsp3) is 0.412. The highest BCUT2D eigenvalue weighted by Crippen LogP contribution is 2.39. The van der Waals surface area contributed by atoms with E-state index in [0.29, 0.717) is 5.92 Å². The molecule has 0 atom stereocenters.